The van der Waals surface area contributed by atoms with Crippen molar-refractivity contribution >= 4 is 0 Å². The van der Waals surface area contributed by atoms with E-state index in [0.717, 1.165) is 31.4 Å². The minimum absolute atomic E-state index is 0.123. The molecule has 2 rings (SSSR count). The molecule has 1 fully saturated rings. The van der Waals surface area contributed by atoms with Crippen molar-refractivity contribution in [3.8, 4) is 0 Å². The lowest BCUT2D eigenvalue weighted by molar-refractivity contribution is 0.155. The first-order valence-electron chi connectivity index (χ1n) is 8.54. The van der Waals surface area contributed by atoms with Crippen LogP contribution in [-0.4, -0.2) is 23.0 Å². The maximum absolute atomic E-state index is 5.70. The predicted octanol–water partition coefficient (Wildman–Crippen LogP) is 4.32. The third-order valence-electron chi connectivity index (χ3n) is 4.49. The fraction of sp³-hybridized carbons (Fsp3) is 0.778. The molecule has 1 aliphatic rings. The highest BCUT2D eigenvalue weighted by molar-refractivity contribution is 5.17. The summed E-state index contributed by atoms with van der Waals surface area (Å²) in [4.78, 5) is 2.63. The minimum Gasteiger partial charge on any atom is -0.468 e. The standard InChI is InChI=1S/C18H32N2O/c1-5-20(16-9-7-6-8-10-16)14-15-11-12-21-17(15)13-19-18(2,3)4/h11-12,16,19H,5-10,13-14H2,1-4H3. The van der Waals surface area contributed by atoms with Gasteiger partial charge in [0.25, 0.3) is 0 Å². The molecule has 0 radical (unpaired) electrons. The van der Waals surface area contributed by atoms with Crippen LogP contribution in [-0.2, 0) is 13.1 Å². The fourth-order valence-electron chi connectivity index (χ4n) is 3.17. The van der Waals surface area contributed by atoms with E-state index in [1.165, 1.54) is 37.7 Å². The second-order valence-corrected chi connectivity index (χ2v) is 7.33. The normalized spacial score (nSPS) is 17.6. The van der Waals surface area contributed by atoms with Crippen molar-refractivity contribution in [1.82, 2.24) is 10.2 Å². The van der Waals surface area contributed by atoms with Crippen LogP contribution in [0.3, 0.4) is 0 Å². The van der Waals surface area contributed by atoms with Gasteiger partial charge < -0.3 is 9.73 Å². The Bertz CT molecular complexity index is 413. The van der Waals surface area contributed by atoms with Crippen molar-refractivity contribution in [2.24, 2.45) is 0 Å². The number of nitrogens with zero attached hydrogens (tertiary/aromatic N) is 1. The van der Waals surface area contributed by atoms with Crippen LogP contribution in [0.15, 0.2) is 16.7 Å². The maximum Gasteiger partial charge on any atom is 0.122 e. The van der Waals surface area contributed by atoms with Crippen molar-refractivity contribution in [2.45, 2.75) is 84.5 Å². The molecule has 1 aromatic rings. The van der Waals surface area contributed by atoms with Crippen molar-refractivity contribution < 1.29 is 4.42 Å². The monoisotopic (exact) mass is 292 g/mol. The van der Waals surface area contributed by atoms with E-state index >= 15 is 0 Å². The van der Waals surface area contributed by atoms with Gasteiger partial charge in [0.05, 0.1) is 12.8 Å². The Hall–Kier alpha value is -0.800. The van der Waals surface area contributed by atoms with Gasteiger partial charge in [-0.25, -0.2) is 0 Å². The summed E-state index contributed by atoms with van der Waals surface area (Å²) in [6, 6.07) is 2.91. The van der Waals surface area contributed by atoms with Crippen molar-refractivity contribution in [3.63, 3.8) is 0 Å². The summed E-state index contributed by atoms with van der Waals surface area (Å²) in [5.41, 5.74) is 1.47. The molecule has 1 saturated carbocycles. The predicted molar refractivity (Wildman–Crippen MR) is 88.3 cm³/mol. The van der Waals surface area contributed by atoms with Gasteiger partial charge in [0.15, 0.2) is 0 Å². The molecule has 0 aliphatic heterocycles. The second kappa shape index (κ2) is 7.46. The lowest BCUT2D eigenvalue weighted by Crippen LogP contribution is -2.37. The van der Waals surface area contributed by atoms with Gasteiger partial charge in [0, 0.05) is 23.7 Å². The maximum atomic E-state index is 5.70. The molecule has 1 N–H and O–H groups in total. The van der Waals surface area contributed by atoms with E-state index in [-0.39, 0.29) is 5.54 Å². The van der Waals surface area contributed by atoms with Gasteiger partial charge in [-0.1, -0.05) is 26.2 Å². The topological polar surface area (TPSA) is 28.4 Å². The molecule has 0 aromatic carbocycles. The molecule has 3 heteroatoms. The first-order valence-corrected chi connectivity index (χ1v) is 8.54. The highest BCUT2D eigenvalue weighted by atomic mass is 16.3. The lowest BCUT2D eigenvalue weighted by atomic mass is 9.94. The molecule has 1 aliphatic carbocycles. The Morgan fingerprint density at radius 2 is 1.95 bits per heavy atom. The third-order valence-corrected chi connectivity index (χ3v) is 4.49. The van der Waals surface area contributed by atoms with Crippen molar-refractivity contribution in [1.29, 1.82) is 0 Å². The molecule has 0 saturated heterocycles. The summed E-state index contributed by atoms with van der Waals surface area (Å²) >= 11 is 0. The zero-order valence-electron chi connectivity index (χ0n) is 14.2. The van der Waals surface area contributed by atoms with Crippen molar-refractivity contribution in [3.05, 3.63) is 23.7 Å². The highest BCUT2D eigenvalue weighted by Crippen LogP contribution is 2.25. The molecule has 1 heterocycles. The van der Waals surface area contributed by atoms with Crippen LogP contribution in [0.4, 0.5) is 0 Å². The van der Waals surface area contributed by atoms with Gasteiger partial charge in [-0.2, -0.15) is 0 Å². The van der Waals surface area contributed by atoms with Gasteiger partial charge in [0.1, 0.15) is 5.76 Å². The van der Waals surface area contributed by atoms with E-state index in [1.807, 2.05) is 6.26 Å². The second-order valence-electron chi connectivity index (χ2n) is 7.33. The molecule has 0 amide bonds. The van der Waals surface area contributed by atoms with Gasteiger partial charge >= 0.3 is 0 Å². The molecule has 120 valence electrons. The summed E-state index contributed by atoms with van der Waals surface area (Å²) in [6.45, 7) is 11.8. The van der Waals surface area contributed by atoms with Gasteiger partial charge in [0.2, 0.25) is 0 Å². The molecule has 0 bridgehead atoms. The van der Waals surface area contributed by atoms with Gasteiger partial charge in [-0.3, -0.25) is 4.90 Å². The van der Waals surface area contributed by atoms with Crippen LogP contribution in [0.1, 0.15) is 71.1 Å². The summed E-state index contributed by atoms with van der Waals surface area (Å²) < 4.78 is 5.70. The molecule has 1 aromatic heterocycles. The Kier molecular flexibility index (Phi) is 5.88. The number of hydrogen-bond donors (Lipinski definition) is 1. The van der Waals surface area contributed by atoms with Crippen molar-refractivity contribution in [2.75, 3.05) is 6.54 Å². The van der Waals surface area contributed by atoms with Gasteiger partial charge in [-0.05, 0) is 46.2 Å². The fourth-order valence-corrected chi connectivity index (χ4v) is 3.17. The van der Waals surface area contributed by atoms with Gasteiger partial charge in [-0.15, -0.1) is 0 Å². The summed E-state index contributed by atoms with van der Waals surface area (Å²) in [5, 5.41) is 3.52. The minimum atomic E-state index is 0.123. The van der Waals surface area contributed by atoms with Crippen LogP contribution in [0, 0.1) is 0 Å². The van der Waals surface area contributed by atoms with Crippen LogP contribution in [0.25, 0.3) is 0 Å². The number of hydrogen-bond acceptors (Lipinski definition) is 3. The molecule has 0 atom stereocenters. The van der Waals surface area contributed by atoms with Crippen LogP contribution >= 0.6 is 0 Å². The Morgan fingerprint density at radius 3 is 2.57 bits per heavy atom. The first kappa shape index (κ1) is 16.6. The smallest absolute Gasteiger partial charge is 0.122 e. The number of furan rings is 1. The van der Waals surface area contributed by atoms with E-state index in [1.54, 1.807) is 0 Å². The van der Waals surface area contributed by atoms with E-state index in [0.29, 0.717) is 0 Å². The molecular weight excluding hydrogens is 260 g/mol. The number of nitrogens with one attached hydrogen (secondary N) is 1. The Balaban J connectivity index is 1.96. The summed E-state index contributed by atoms with van der Waals surface area (Å²) in [6.07, 6.45) is 8.77. The Morgan fingerprint density at radius 1 is 1.24 bits per heavy atom. The van der Waals surface area contributed by atoms with E-state index in [4.69, 9.17) is 4.42 Å². The molecule has 0 unspecified atom stereocenters. The summed E-state index contributed by atoms with van der Waals surface area (Å²) in [7, 11) is 0. The van der Waals surface area contributed by atoms with Crippen LogP contribution in [0.5, 0.6) is 0 Å². The van der Waals surface area contributed by atoms with E-state index < -0.39 is 0 Å². The quantitative estimate of drug-likeness (QED) is 0.846. The summed E-state index contributed by atoms with van der Waals surface area (Å²) in [5.74, 6) is 1.10. The zero-order valence-corrected chi connectivity index (χ0v) is 14.2. The Labute approximate surface area is 130 Å². The molecule has 3 nitrogen and oxygen atoms in total. The molecule has 0 spiro atoms. The largest absolute Gasteiger partial charge is 0.468 e. The van der Waals surface area contributed by atoms with Crippen LogP contribution in [0.2, 0.25) is 0 Å². The zero-order chi connectivity index (χ0) is 15.3. The highest BCUT2D eigenvalue weighted by Gasteiger charge is 2.21. The molecule has 21 heavy (non-hydrogen) atoms. The van der Waals surface area contributed by atoms with E-state index in [2.05, 4.69) is 44.0 Å². The number of rotatable bonds is 6. The SMILES string of the molecule is CCN(Cc1ccoc1CNC(C)(C)C)C1CCCCC1. The lowest BCUT2D eigenvalue weighted by Gasteiger charge is -2.33. The average Bonchev–Trinajstić information content (AvgIpc) is 2.90. The first-order chi connectivity index (χ1) is 9.99. The van der Waals surface area contributed by atoms with Crippen LogP contribution < -0.4 is 5.32 Å². The average molecular weight is 292 g/mol. The van der Waals surface area contributed by atoms with E-state index in [9.17, 15) is 0 Å². The third kappa shape index (κ3) is 5.15. The molecular formula is C18H32N2O.